The first kappa shape index (κ1) is 15.4. The number of nitrogens with two attached hydrogens (primary N) is 1. The van der Waals surface area contributed by atoms with Gasteiger partial charge in [-0.05, 0) is 24.5 Å². The van der Waals surface area contributed by atoms with E-state index in [1.54, 1.807) is 13.8 Å². The molecular weight excluding hydrogens is 308 g/mol. The van der Waals surface area contributed by atoms with Crippen LogP contribution in [0.1, 0.15) is 46.5 Å². The summed E-state index contributed by atoms with van der Waals surface area (Å²) in [6.07, 6.45) is -1.54. The number of hydrogen-bond donors (Lipinski definition) is 2. The molecule has 1 aromatic heterocycles. The monoisotopic (exact) mass is 322 g/mol. The van der Waals surface area contributed by atoms with Crippen molar-refractivity contribution in [2.24, 2.45) is 10.8 Å². The van der Waals surface area contributed by atoms with E-state index < -0.39 is 29.8 Å². The van der Waals surface area contributed by atoms with E-state index in [2.05, 4.69) is 20.2 Å². The molecule has 2 saturated heterocycles. The highest BCUT2D eigenvalue weighted by atomic mass is 16.8. The van der Waals surface area contributed by atoms with E-state index in [4.69, 9.17) is 25.5 Å². The number of rotatable bonds is 3. The predicted molar refractivity (Wildman–Crippen MR) is 73.1 cm³/mol. The smallest absolute Gasteiger partial charge is 0.269 e. The van der Waals surface area contributed by atoms with Crippen LogP contribution in [0.4, 0.5) is 0 Å². The van der Waals surface area contributed by atoms with Crippen molar-refractivity contribution in [1.29, 1.82) is 0 Å². The van der Waals surface area contributed by atoms with Gasteiger partial charge in [0.25, 0.3) is 11.8 Å². The van der Waals surface area contributed by atoms with Crippen molar-refractivity contribution in [2.45, 2.75) is 37.9 Å². The zero-order valence-electron chi connectivity index (χ0n) is 12.3. The number of carbonyl (C=O) groups is 2. The Balaban J connectivity index is 2.02. The Bertz CT molecular complexity index is 722. The van der Waals surface area contributed by atoms with Gasteiger partial charge in [-0.1, -0.05) is 0 Å². The van der Waals surface area contributed by atoms with Crippen LogP contribution in [0, 0.1) is 0 Å². The number of aromatic amines is 1. The van der Waals surface area contributed by atoms with Gasteiger partial charge in [0.15, 0.2) is 11.5 Å². The molecule has 3 rings (SSSR count). The minimum absolute atomic E-state index is 0.171. The first-order valence-electron chi connectivity index (χ1n) is 6.79. The third kappa shape index (κ3) is 2.55. The number of fused-ring (bicyclic) bond motifs is 1. The van der Waals surface area contributed by atoms with Crippen LogP contribution in [-0.2, 0) is 14.2 Å². The van der Waals surface area contributed by atoms with Gasteiger partial charge in [0.05, 0.1) is 17.9 Å². The van der Waals surface area contributed by atoms with Gasteiger partial charge in [0.1, 0.15) is 18.3 Å². The van der Waals surface area contributed by atoms with E-state index in [0.717, 1.165) is 0 Å². The number of aromatic nitrogens is 2. The molecule has 1 aromatic rings. The predicted octanol–water partition coefficient (Wildman–Crippen LogP) is 0.550. The number of azide groups is 1. The highest BCUT2D eigenvalue weighted by molar-refractivity contribution is 6.06. The lowest BCUT2D eigenvalue weighted by Crippen LogP contribution is -2.26. The molecule has 3 atom stereocenters. The van der Waals surface area contributed by atoms with Gasteiger partial charge < -0.3 is 19.9 Å². The fourth-order valence-corrected chi connectivity index (χ4v) is 2.84. The highest BCUT2D eigenvalue weighted by Gasteiger charge is 2.52. The van der Waals surface area contributed by atoms with Crippen LogP contribution in [0.15, 0.2) is 5.11 Å². The average Bonchev–Trinajstić information content (AvgIpc) is 3.09. The fourth-order valence-electron chi connectivity index (χ4n) is 2.84. The van der Waals surface area contributed by atoms with Gasteiger partial charge in [-0.2, -0.15) is 5.10 Å². The number of carbonyl (C=O) groups excluding carboxylic acids is 2. The Morgan fingerprint density at radius 2 is 2.22 bits per heavy atom. The molecule has 2 fully saturated rings. The van der Waals surface area contributed by atoms with Crippen LogP contribution in [0.25, 0.3) is 10.4 Å². The lowest BCUT2D eigenvalue weighted by molar-refractivity contribution is -0.176. The maximum absolute atomic E-state index is 12.0. The molecule has 3 N–H and O–H groups in total. The van der Waals surface area contributed by atoms with Crippen molar-refractivity contribution in [3.8, 4) is 0 Å². The topological polar surface area (TPSA) is 165 Å². The number of primary amides is 1. The molecule has 11 heteroatoms. The minimum atomic E-state index is -0.977. The van der Waals surface area contributed by atoms with Gasteiger partial charge in [0, 0.05) is 4.91 Å². The molecule has 0 aliphatic carbocycles. The number of nitrogens with zero attached hydrogens (tertiary/aromatic N) is 4. The molecule has 2 amide bonds. The molecule has 2 aliphatic rings. The summed E-state index contributed by atoms with van der Waals surface area (Å²) in [5.41, 5.74) is 13.3. The number of hydrogen-bond acceptors (Lipinski definition) is 6. The second-order valence-electron chi connectivity index (χ2n) is 5.61. The van der Waals surface area contributed by atoms with Crippen molar-refractivity contribution in [3.05, 3.63) is 27.4 Å². The fraction of sp³-hybridized carbons (Fsp3) is 0.583. The normalized spacial score (nSPS) is 28.2. The summed E-state index contributed by atoms with van der Waals surface area (Å²) < 4.78 is 17.1. The van der Waals surface area contributed by atoms with Crippen LogP contribution >= 0.6 is 0 Å². The van der Waals surface area contributed by atoms with Crippen molar-refractivity contribution >= 4 is 11.8 Å². The number of ether oxygens (including phenoxy) is 3. The lowest BCUT2D eigenvalue weighted by atomic mass is 10.0. The largest absolute Gasteiger partial charge is 0.366 e. The summed E-state index contributed by atoms with van der Waals surface area (Å²) in [6, 6.07) is 0. The van der Waals surface area contributed by atoms with Gasteiger partial charge in [-0.15, -0.1) is 0 Å². The molecule has 0 aromatic carbocycles. The zero-order valence-corrected chi connectivity index (χ0v) is 12.3. The Labute approximate surface area is 129 Å². The molecule has 0 saturated carbocycles. The number of amides is 2. The van der Waals surface area contributed by atoms with Crippen molar-refractivity contribution < 1.29 is 23.8 Å². The standard InChI is InChI=1S/C12H14N6O5/c1-12(2)22-4-3-21-9(8(4)23-12)6-5(11(20)17-18-14)7(10(13)19)16-15-6/h4,8-9H,3H2,1-2H3,(H2,13,19)(H,15,16)/t4-,8-,9-/m1/s1. The van der Waals surface area contributed by atoms with Gasteiger partial charge in [-0.25, -0.2) is 0 Å². The zero-order chi connectivity index (χ0) is 16.8. The van der Waals surface area contributed by atoms with Crippen molar-refractivity contribution in [2.75, 3.05) is 6.61 Å². The molecule has 0 radical (unpaired) electrons. The molecule has 11 nitrogen and oxygen atoms in total. The van der Waals surface area contributed by atoms with Crippen LogP contribution < -0.4 is 5.73 Å². The minimum Gasteiger partial charge on any atom is -0.366 e. The molecule has 0 unspecified atom stereocenters. The first-order chi connectivity index (χ1) is 10.8. The summed E-state index contributed by atoms with van der Waals surface area (Å²) >= 11 is 0. The average molecular weight is 322 g/mol. The maximum atomic E-state index is 12.0. The molecule has 3 heterocycles. The Kier molecular flexibility index (Phi) is 3.57. The molecule has 0 bridgehead atoms. The van der Waals surface area contributed by atoms with E-state index >= 15 is 0 Å². The van der Waals surface area contributed by atoms with E-state index in [0.29, 0.717) is 0 Å². The molecule has 122 valence electrons. The van der Waals surface area contributed by atoms with E-state index in [-0.39, 0.29) is 29.7 Å². The van der Waals surface area contributed by atoms with Crippen molar-refractivity contribution in [3.63, 3.8) is 0 Å². The van der Waals surface area contributed by atoms with Gasteiger partial charge in [0.2, 0.25) is 0 Å². The SMILES string of the molecule is CC1(C)O[C@H]2[C@@H](c3[nH]nc(C(N)=O)c3C(=O)N=[N+]=[N-])OC[C@H]2O1. The van der Waals surface area contributed by atoms with E-state index in [9.17, 15) is 9.59 Å². The van der Waals surface area contributed by atoms with E-state index in [1.165, 1.54) is 0 Å². The summed E-state index contributed by atoms with van der Waals surface area (Å²) in [5, 5.41) is 9.30. The van der Waals surface area contributed by atoms with Gasteiger partial charge >= 0.3 is 0 Å². The van der Waals surface area contributed by atoms with Gasteiger partial charge in [-0.3, -0.25) is 14.7 Å². The number of H-pyrrole nitrogens is 1. The maximum Gasteiger partial charge on any atom is 0.269 e. The Morgan fingerprint density at radius 3 is 2.87 bits per heavy atom. The summed E-state index contributed by atoms with van der Waals surface area (Å²) in [4.78, 5) is 25.9. The van der Waals surface area contributed by atoms with Crippen LogP contribution in [-0.4, -0.2) is 46.6 Å². The van der Waals surface area contributed by atoms with Crippen LogP contribution in [0.3, 0.4) is 0 Å². The summed E-state index contributed by atoms with van der Waals surface area (Å²) in [7, 11) is 0. The Hall–Kier alpha value is -2.46. The molecular formula is C12H14N6O5. The second-order valence-corrected chi connectivity index (χ2v) is 5.61. The third-order valence-electron chi connectivity index (χ3n) is 3.62. The first-order valence-corrected chi connectivity index (χ1v) is 6.79. The molecule has 0 spiro atoms. The second kappa shape index (κ2) is 5.32. The quantitative estimate of drug-likeness (QED) is 0.468. The lowest BCUT2D eigenvalue weighted by Gasteiger charge is -2.21. The third-order valence-corrected chi connectivity index (χ3v) is 3.62. The van der Waals surface area contributed by atoms with Crippen molar-refractivity contribution in [1.82, 2.24) is 10.2 Å². The summed E-state index contributed by atoms with van der Waals surface area (Å²) in [6.45, 7) is 3.77. The number of nitrogens with one attached hydrogen (secondary N) is 1. The van der Waals surface area contributed by atoms with E-state index in [1.807, 2.05) is 0 Å². The Morgan fingerprint density at radius 1 is 1.48 bits per heavy atom. The molecule has 23 heavy (non-hydrogen) atoms. The molecule has 2 aliphatic heterocycles. The van der Waals surface area contributed by atoms with Crippen LogP contribution in [0.5, 0.6) is 0 Å². The summed E-state index contributed by atoms with van der Waals surface area (Å²) in [5.74, 6) is -2.70. The highest BCUT2D eigenvalue weighted by Crippen LogP contribution is 2.42. The van der Waals surface area contributed by atoms with Crippen LogP contribution in [0.2, 0.25) is 0 Å².